The number of alkyl halides is 1. The fraction of sp³-hybridized carbons (Fsp3) is 0.647. The SMILES string of the molecule is CCC1(C(Cl)c2ccc3c(c2)CC(C)O3)CCCC1. The maximum atomic E-state index is 6.87. The summed E-state index contributed by atoms with van der Waals surface area (Å²) in [5.74, 6) is 1.05. The van der Waals surface area contributed by atoms with E-state index in [9.17, 15) is 0 Å². The highest BCUT2D eigenvalue weighted by molar-refractivity contribution is 6.21. The third kappa shape index (κ3) is 2.27. The second-order valence-electron chi connectivity index (χ2n) is 6.29. The van der Waals surface area contributed by atoms with Gasteiger partial charge in [-0.05, 0) is 48.8 Å². The standard InChI is InChI=1S/C17H23ClO/c1-3-17(8-4-5-9-17)16(18)13-6-7-15-14(11-13)10-12(2)19-15/h6-7,11-12,16H,3-5,8-10H2,1-2H3. The maximum absolute atomic E-state index is 6.87. The molecule has 1 aliphatic carbocycles. The van der Waals surface area contributed by atoms with Gasteiger partial charge in [0.1, 0.15) is 11.9 Å². The molecule has 0 N–H and O–H groups in total. The van der Waals surface area contributed by atoms with Crippen molar-refractivity contribution < 1.29 is 4.74 Å². The minimum Gasteiger partial charge on any atom is -0.490 e. The van der Waals surface area contributed by atoms with Crippen LogP contribution in [0.25, 0.3) is 0 Å². The molecule has 1 saturated carbocycles. The Hall–Kier alpha value is -0.690. The first-order valence-electron chi connectivity index (χ1n) is 7.58. The third-order valence-electron chi connectivity index (χ3n) is 5.05. The van der Waals surface area contributed by atoms with Crippen LogP contribution in [0, 0.1) is 5.41 Å². The zero-order valence-corrected chi connectivity index (χ0v) is 12.7. The van der Waals surface area contributed by atoms with Gasteiger partial charge in [0.2, 0.25) is 0 Å². The van der Waals surface area contributed by atoms with E-state index in [0.29, 0.717) is 11.5 Å². The Labute approximate surface area is 121 Å². The van der Waals surface area contributed by atoms with E-state index in [0.717, 1.165) is 12.2 Å². The van der Waals surface area contributed by atoms with E-state index in [1.807, 2.05) is 0 Å². The van der Waals surface area contributed by atoms with Crippen LogP contribution < -0.4 is 4.74 Å². The normalized spacial score (nSPS) is 25.9. The third-order valence-corrected chi connectivity index (χ3v) is 5.77. The summed E-state index contributed by atoms with van der Waals surface area (Å²) in [6, 6.07) is 6.57. The number of halogens is 1. The van der Waals surface area contributed by atoms with Crippen molar-refractivity contribution in [1.29, 1.82) is 0 Å². The lowest BCUT2D eigenvalue weighted by Gasteiger charge is -2.33. The van der Waals surface area contributed by atoms with Crippen LogP contribution in [0.5, 0.6) is 5.75 Å². The zero-order chi connectivity index (χ0) is 13.5. The smallest absolute Gasteiger partial charge is 0.123 e. The molecule has 0 bridgehead atoms. The average Bonchev–Trinajstić information content (AvgIpc) is 3.02. The second-order valence-corrected chi connectivity index (χ2v) is 6.72. The number of fused-ring (bicyclic) bond motifs is 1. The Bertz CT molecular complexity index is 462. The maximum Gasteiger partial charge on any atom is 0.123 e. The Morgan fingerprint density at radius 1 is 1.37 bits per heavy atom. The van der Waals surface area contributed by atoms with Gasteiger partial charge < -0.3 is 4.74 Å². The van der Waals surface area contributed by atoms with Crippen molar-refractivity contribution in [3.8, 4) is 5.75 Å². The summed E-state index contributed by atoms with van der Waals surface area (Å²) in [5.41, 5.74) is 2.95. The summed E-state index contributed by atoms with van der Waals surface area (Å²) in [4.78, 5) is 0. The Morgan fingerprint density at radius 2 is 2.11 bits per heavy atom. The molecule has 0 aromatic heterocycles. The molecule has 0 saturated heterocycles. The van der Waals surface area contributed by atoms with Crippen LogP contribution in [0.4, 0.5) is 0 Å². The van der Waals surface area contributed by atoms with Crippen LogP contribution >= 0.6 is 11.6 Å². The molecule has 104 valence electrons. The molecule has 2 aliphatic rings. The van der Waals surface area contributed by atoms with E-state index in [1.54, 1.807) is 0 Å². The Kier molecular flexibility index (Phi) is 3.51. The van der Waals surface area contributed by atoms with Gasteiger partial charge in [-0.15, -0.1) is 11.6 Å². The molecule has 2 unspecified atom stereocenters. The van der Waals surface area contributed by atoms with Crippen molar-refractivity contribution >= 4 is 11.6 Å². The van der Waals surface area contributed by atoms with Crippen LogP contribution in [0.15, 0.2) is 18.2 Å². The largest absolute Gasteiger partial charge is 0.490 e. The van der Waals surface area contributed by atoms with E-state index in [1.165, 1.54) is 43.2 Å². The summed E-state index contributed by atoms with van der Waals surface area (Å²) >= 11 is 6.87. The van der Waals surface area contributed by atoms with Crippen LogP contribution in [-0.2, 0) is 6.42 Å². The van der Waals surface area contributed by atoms with Crippen molar-refractivity contribution in [2.24, 2.45) is 5.41 Å². The topological polar surface area (TPSA) is 9.23 Å². The minimum atomic E-state index is 0.154. The summed E-state index contributed by atoms with van der Waals surface area (Å²) in [7, 11) is 0. The highest BCUT2D eigenvalue weighted by Gasteiger charge is 2.39. The van der Waals surface area contributed by atoms with Gasteiger partial charge in [0.25, 0.3) is 0 Å². The Morgan fingerprint density at radius 3 is 2.79 bits per heavy atom. The first-order valence-corrected chi connectivity index (χ1v) is 8.02. The van der Waals surface area contributed by atoms with Gasteiger partial charge in [-0.25, -0.2) is 0 Å². The molecule has 0 spiro atoms. The van der Waals surface area contributed by atoms with Crippen molar-refractivity contribution in [1.82, 2.24) is 0 Å². The molecule has 1 aromatic rings. The fourth-order valence-corrected chi connectivity index (χ4v) is 4.33. The molecule has 19 heavy (non-hydrogen) atoms. The first-order chi connectivity index (χ1) is 9.14. The lowest BCUT2D eigenvalue weighted by molar-refractivity contribution is 0.254. The summed E-state index contributed by atoms with van der Waals surface area (Å²) in [5, 5.41) is 0.154. The van der Waals surface area contributed by atoms with Crippen LogP contribution in [0.3, 0.4) is 0 Å². The van der Waals surface area contributed by atoms with E-state index < -0.39 is 0 Å². The lowest BCUT2D eigenvalue weighted by atomic mass is 9.77. The quantitative estimate of drug-likeness (QED) is 0.685. The van der Waals surface area contributed by atoms with E-state index in [4.69, 9.17) is 16.3 Å². The lowest BCUT2D eigenvalue weighted by Crippen LogP contribution is -2.21. The van der Waals surface area contributed by atoms with Gasteiger partial charge in [-0.3, -0.25) is 0 Å². The number of hydrogen-bond donors (Lipinski definition) is 0. The number of rotatable bonds is 3. The molecule has 3 rings (SSSR count). The van der Waals surface area contributed by atoms with Gasteiger partial charge in [-0.2, -0.15) is 0 Å². The molecule has 0 radical (unpaired) electrons. The number of benzene rings is 1. The minimum absolute atomic E-state index is 0.154. The molecule has 1 nitrogen and oxygen atoms in total. The average molecular weight is 279 g/mol. The highest BCUT2D eigenvalue weighted by Crippen LogP contribution is 2.53. The highest BCUT2D eigenvalue weighted by atomic mass is 35.5. The van der Waals surface area contributed by atoms with Gasteiger partial charge in [0.15, 0.2) is 0 Å². The first kappa shape index (κ1) is 13.3. The molecular weight excluding hydrogens is 256 g/mol. The van der Waals surface area contributed by atoms with Crippen LogP contribution in [0.2, 0.25) is 0 Å². The second kappa shape index (κ2) is 5.01. The molecule has 1 aromatic carbocycles. The number of hydrogen-bond acceptors (Lipinski definition) is 1. The van der Waals surface area contributed by atoms with Gasteiger partial charge in [0.05, 0.1) is 5.38 Å². The van der Waals surface area contributed by atoms with Crippen LogP contribution in [-0.4, -0.2) is 6.10 Å². The molecule has 0 amide bonds. The molecule has 1 heterocycles. The van der Waals surface area contributed by atoms with E-state index in [-0.39, 0.29) is 5.38 Å². The van der Waals surface area contributed by atoms with E-state index in [2.05, 4.69) is 32.0 Å². The zero-order valence-electron chi connectivity index (χ0n) is 11.9. The molecule has 2 atom stereocenters. The Balaban J connectivity index is 1.88. The van der Waals surface area contributed by atoms with E-state index >= 15 is 0 Å². The monoisotopic (exact) mass is 278 g/mol. The van der Waals surface area contributed by atoms with Crippen molar-refractivity contribution in [3.05, 3.63) is 29.3 Å². The van der Waals surface area contributed by atoms with Crippen molar-refractivity contribution in [2.75, 3.05) is 0 Å². The summed E-state index contributed by atoms with van der Waals surface area (Å²) in [6.45, 7) is 4.42. The van der Waals surface area contributed by atoms with Crippen LogP contribution in [0.1, 0.15) is 62.5 Å². The molecule has 1 fully saturated rings. The molecule has 2 heteroatoms. The predicted molar refractivity (Wildman–Crippen MR) is 80.0 cm³/mol. The van der Waals surface area contributed by atoms with Gasteiger partial charge in [0, 0.05) is 6.42 Å². The van der Waals surface area contributed by atoms with Gasteiger partial charge in [-0.1, -0.05) is 31.9 Å². The molecular formula is C17H23ClO. The van der Waals surface area contributed by atoms with Crippen molar-refractivity contribution in [3.63, 3.8) is 0 Å². The summed E-state index contributed by atoms with van der Waals surface area (Å²) < 4.78 is 5.78. The summed E-state index contributed by atoms with van der Waals surface area (Å²) in [6.07, 6.45) is 7.75. The number of ether oxygens (including phenoxy) is 1. The molecule has 1 aliphatic heterocycles. The predicted octanol–water partition coefficient (Wildman–Crippen LogP) is 5.26. The van der Waals surface area contributed by atoms with Gasteiger partial charge >= 0.3 is 0 Å². The fourth-order valence-electron chi connectivity index (χ4n) is 3.82. The van der Waals surface area contributed by atoms with Crippen molar-refractivity contribution in [2.45, 2.75) is 63.9 Å².